The Balaban J connectivity index is 2.31. The third kappa shape index (κ3) is 1.44. The minimum absolute atomic E-state index is 0.0868. The molecule has 0 saturated carbocycles. The van der Waals surface area contributed by atoms with Crippen LogP contribution in [-0.4, -0.2) is 29.5 Å². The van der Waals surface area contributed by atoms with Gasteiger partial charge in [0.1, 0.15) is 0 Å². The van der Waals surface area contributed by atoms with E-state index in [0.29, 0.717) is 6.54 Å². The zero-order valence-corrected chi connectivity index (χ0v) is 8.57. The quantitative estimate of drug-likeness (QED) is 0.744. The van der Waals surface area contributed by atoms with Crippen LogP contribution in [0.25, 0.3) is 0 Å². The van der Waals surface area contributed by atoms with Crippen LogP contribution in [0.3, 0.4) is 0 Å². The molecule has 0 aromatic carbocycles. The second kappa shape index (κ2) is 3.71. The van der Waals surface area contributed by atoms with Crippen LogP contribution in [0.1, 0.15) is 18.5 Å². The van der Waals surface area contributed by atoms with Gasteiger partial charge in [-0.25, -0.2) is 0 Å². The molecule has 1 fully saturated rings. The molecule has 0 unspecified atom stereocenters. The van der Waals surface area contributed by atoms with Crippen molar-refractivity contribution in [1.82, 2.24) is 9.78 Å². The van der Waals surface area contributed by atoms with E-state index < -0.39 is 0 Å². The molecule has 0 spiro atoms. The fraction of sp³-hybridized carbons (Fsp3) is 0.700. The molecule has 1 aliphatic heterocycles. The SMILES string of the molecule is Cn1nccc1C1(CN)CCOCC1. The van der Waals surface area contributed by atoms with Gasteiger partial charge in [-0.2, -0.15) is 5.10 Å². The molecule has 0 atom stereocenters. The monoisotopic (exact) mass is 195 g/mol. The number of aryl methyl sites for hydroxylation is 1. The van der Waals surface area contributed by atoms with Crippen molar-refractivity contribution < 1.29 is 4.74 Å². The van der Waals surface area contributed by atoms with Gasteiger partial charge >= 0.3 is 0 Å². The molecule has 2 N–H and O–H groups in total. The summed E-state index contributed by atoms with van der Waals surface area (Å²) in [5.74, 6) is 0. The van der Waals surface area contributed by atoms with Crippen LogP contribution >= 0.6 is 0 Å². The van der Waals surface area contributed by atoms with Gasteiger partial charge in [-0.1, -0.05) is 0 Å². The van der Waals surface area contributed by atoms with Gasteiger partial charge in [-0.05, 0) is 18.9 Å². The highest BCUT2D eigenvalue weighted by Crippen LogP contribution is 2.33. The van der Waals surface area contributed by atoms with E-state index in [0.717, 1.165) is 26.1 Å². The van der Waals surface area contributed by atoms with E-state index >= 15 is 0 Å². The van der Waals surface area contributed by atoms with Crippen molar-refractivity contribution in [2.75, 3.05) is 19.8 Å². The van der Waals surface area contributed by atoms with Crippen LogP contribution in [-0.2, 0) is 17.2 Å². The Morgan fingerprint density at radius 2 is 2.29 bits per heavy atom. The topological polar surface area (TPSA) is 53.1 Å². The van der Waals surface area contributed by atoms with Gasteiger partial charge in [-0.15, -0.1) is 0 Å². The molecule has 1 aliphatic rings. The summed E-state index contributed by atoms with van der Waals surface area (Å²) in [7, 11) is 1.97. The predicted molar refractivity (Wildman–Crippen MR) is 54.0 cm³/mol. The Morgan fingerprint density at radius 3 is 2.79 bits per heavy atom. The van der Waals surface area contributed by atoms with Crippen molar-refractivity contribution in [3.63, 3.8) is 0 Å². The van der Waals surface area contributed by atoms with E-state index in [1.54, 1.807) is 0 Å². The summed E-state index contributed by atoms with van der Waals surface area (Å²) in [5, 5.41) is 4.21. The number of hydrogen-bond donors (Lipinski definition) is 1. The lowest BCUT2D eigenvalue weighted by molar-refractivity contribution is 0.0502. The van der Waals surface area contributed by atoms with Crippen LogP contribution in [0.4, 0.5) is 0 Å². The molecule has 1 aromatic heterocycles. The maximum atomic E-state index is 5.90. The van der Waals surface area contributed by atoms with E-state index in [1.165, 1.54) is 5.69 Å². The largest absolute Gasteiger partial charge is 0.381 e. The number of rotatable bonds is 2. The highest BCUT2D eigenvalue weighted by Gasteiger charge is 2.35. The van der Waals surface area contributed by atoms with Crippen LogP contribution in [0.15, 0.2) is 12.3 Å². The number of ether oxygens (including phenoxy) is 1. The smallest absolute Gasteiger partial charge is 0.0492 e. The maximum absolute atomic E-state index is 5.90. The Hall–Kier alpha value is -0.870. The fourth-order valence-corrected chi connectivity index (χ4v) is 2.22. The van der Waals surface area contributed by atoms with E-state index in [4.69, 9.17) is 10.5 Å². The summed E-state index contributed by atoms with van der Waals surface area (Å²) in [6, 6.07) is 2.07. The molecule has 78 valence electrons. The number of nitrogens with zero attached hydrogens (tertiary/aromatic N) is 2. The van der Waals surface area contributed by atoms with Crippen molar-refractivity contribution in [3.05, 3.63) is 18.0 Å². The first-order valence-corrected chi connectivity index (χ1v) is 5.05. The Labute approximate surface area is 84.0 Å². The molecule has 0 radical (unpaired) electrons. The summed E-state index contributed by atoms with van der Waals surface area (Å²) < 4.78 is 7.31. The molecule has 1 aromatic rings. The maximum Gasteiger partial charge on any atom is 0.0492 e. The summed E-state index contributed by atoms with van der Waals surface area (Å²) in [6.07, 6.45) is 3.84. The average molecular weight is 195 g/mol. The molecule has 14 heavy (non-hydrogen) atoms. The molecule has 4 nitrogen and oxygen atoms in total. The second-order valence-electron chi connectivity index (χ2n) is 3.94. The lowest BCUT2D eigenvalue weighted by Gasteiger charge is -2.36. The molecule has 2 heterocycles. The third-order valence-corrected chi connectivity index (χ3v) is 3.20. The third-order valence-electron chi connectivity index (χ3n) is 3.20. The molecular weight excluding hydrogens is 178 g/mol. The fourth-order valence-electron chi connectivity index (χ4n) is 2.22. The molecule has 0 bridgehead atoms. The van der Waals surface area contributed by atoms with E-state index in [9.17, 15) is 0 Å². The first kappa shape index (κ1) is 9.68. The molecular formula is C10H17N3O. The second-order valence-corrected chi connectivity index (χ2v) is 3.94. The first-order valence-electron chi connectivity index (χ1n) is 5.05. The van der Waals surface area contributed by atoms with Gasteiger partial charge in [0, 0.05) is 44.1 Å². The summed E-state index contributed by atoms with van der Waals surface area (Å²) in [4.78, 5) is 0. The Morgan fingerprint density at radius 1 is 1.57 bits per heavy atom. The minimum Gasteiger partial charge on any atom is -0.381 e. The average Bonchev–Trinajstić information content (AvgIpc) is 2.66. The molecule has 0 aliphatic carbocycles. The normalized spacial score (nSPS) is 21.0. The molecule has 1 saturated heterocycles. The zero-order chi connectivity index (χ0) is 10.0. The lowest BCUT2D eigenvalue weighted by Crippen LogP contribution is -2.42. The number of nitrogens with two attached hydrogens (primary N) is 1. The van der Waals surface area contributed by atoms with E-state index in [-0.39, 0.29) is 5.41 Å². The Kier molecular flexibility index (Phi) is 2.56. The predicted octanol–water partition coefficient (Wildman–Crippen LogP) is 0.427. The summed E-state index contributed by atoms with van der Waals surface area (Å²) >= 11 is 0. The van der Waals surface area contributed by atoms with E-state index in [2.05, 4.69) is 11.2 Å². The van der Waals surface area contributed by atoms with Crippen molar-refractivity contribution in [3.8, 4) is 0 Å². The van der Waals surface area contributed by atoms with Crippen LogP contribution in [0.5, 0.6) is 0 Å². The van der Waals surface area contributed by atoms with Crippen LogP contribution in [0, 0.1) is 0 Å². The number of aromatic nitrogens is 2. The zero-order valence-electron chi connectivity index (χ0n) is 8.57. The lowest BCUT2D eigenvalue weighted by atomic mass is 9.77. The number of hydrogen-bond acceptors (Lipinski definition) is 3. The highest BCUT2D eigenvalue weighted by molar-refractivity contribution is 5.17. The van der Waals surface area contributed by atoms with Gasteiger partial charge < -0.3 is 10.5 Å². The minimum atomic E-state index is 0.0868. The molecule has 2 rings (SSSR count). The summed E-state index contributed by atoms with van der Waals surface area (Å²) in [5.41, 5.74) is 7.23. The van der Waals surface area contributed by atoms with Gasteiger partial charge in [0.2, 0.25) is 0 Å². The highest BCUT2D eigenvalue weighted by atomic mass is 16.5. The molecule has 0 amide bonds. The van der Waals surface area contributed by atoms with Crippen molar-refractivity contribution in [1.29, 1.82) is 0 Å². The van der Waals surface area contributed by atoms with Crippen molar-refractivity contribution in [2.24, 2.45) is 12.8 Å². The summed E-state index contributed by atoms with van der Waals surface area (Å²) in [6.45, 7) is 2.29. The van der Waals surface area contributed by atoms with Gasteiger partial charge in [-0.3, -0.25) is 4.68 Å². The van der Waals surface area contributed by atoms with Crippen molar-refractivity contribution >= 4 is 0 Å². The van der Waals surface area contributed by atoms with Crippen LogP contribution < -0.4 is 5.73 Å². The Bertz CT molecular complexity index is 302. The standard InChI is InChI=1S/C10H17N3O/c1-13-9(2-5-12-13)10(8-11)3-6-14-7-4-10/h2,5H,3-4,6-8,11H2,1H3. The van der Waals surface area contributed by atoms with Gasteiger partial charge in [0.15, 0.2) is 0 Å². The van der Waals surface area contributed by atoms with Gasteiger partial charge in [0.25, 0.3) is 0 Å². The first-order chi connectivity index (χ1) is 6.78. The van der Waals surface area contributed by atoms with Crippen molar-refractivity contribution in [2.45, 2.75) is 18.3 Å². The van der Waals surface area contributed by atoms with E-state index in [1.807, 2.05) is 17.9 Å². The van der Waals surface area contributed by atoms with Crippen LogP contribution in [0.2, 0.25) is 0 Å². The van der Waals surface area contributed by atoms with Gasteiger partial charge in [0.05, 0.1) is 0 Å². The molecule has 4 heteroatoms.